The third-order valence-electron chi connectivity index (χ3n) is 4.18. The summed E-state index contributed by atoms with van der Waals surface area (Å²) in [4.78, 5) is 19.8. The third-order valence-corrected chi connectivity index (χ3v) is 4.18. The molecular weight excluding hydrogens is 331 g/mol. The van der Waals surface area contributed by atoms with E-state index in [0.717, 1.165) is 31.7 Å². The molecule has 0 atom stereocenters. The lowest BCUT2D eigenvalue weighted by atomic mass is 10.1. The highest BCUT2D eigenvalue weighted by Crippen LogP contribution is 2.27. The molecule has 0 aromatic carbocycles. The van der Waals surface area contributed by atoms with Crippen LogP contribution in [0.2, 0.25) is 0 Å². The van der Waals surface area contributed by atoms with Gasteiger partial charge in [0.25, 0.3) is 0 Å². The van der Waals surface area contributed by atoms with Gasteiger partial charge in [-0.05, 0) is 55.0 Å². The van der Waals surface area contributed by atoms with E-state index in [0.29, 0.717) is 5.82 Å². The Bertz CT molecular complexity index is 774. The van der Waals surface area contributed by atoms with Crippen LogP contribution in [-0.2, 0) is 30.2 Å². The molecule has 1 N–H and O–H groups in total. The number of aromatic nitrogens is 2. The Morgan fingerprint density at radius 1 is 1.12 bits per heavy atom. The number of rotatable bonds is 3. The fourth-order valence-corrected chi connectivity index (χ4v) is 2.95. The van der Waals surface area contributed by atoms with Crippen LogP contribution in [0.25, 0.3) is 0 Å². The average molecular weight is 349 g/mol. The van der Waals surface area contributed by atoms with Crippen LogP contribution in [-0.4, -0.2) is 15.9 Å². The SMILES string of the molecule is O=C(Cc1cccc(C(F)(F)F)n1)Nc1cc2c(cn1)CCCCC2. The number of hydrogen-bond acceptors (Lipinski definition) is 3. The molecule has 0 aliphatic heterocycles. The molecule has 0 saturated heterocycles. The van der Waals surface area contributed by atoms with Crippen molar-refractivity contribution in [2.45, 2.75) is 44.7 Å². The number of nitrogens with zero attached hydrogens (tertiary/aromatic N) is 2. The lowest BCUT2D eigenvalue weighted by Gasteiger charge is -2.10. The number of carbonyl (C=O) groups excluding carboxylic acids is 1. The zero-order valence-corrected chi connectivity index (χ0v) is 13.6. The van der Waals surface area contributed by atoms with Crippen molar-refractivity contribution in [1.82, 2.24) is 9.97 Å². The van der Waals surface area contributed by atoms with E-state index in [9.17, 15) is 18.0 Å². The Morgan fingerprint density at radius 2 is 1.88 bits per heavy atom. The first kappa shape index (κ1) is 17.4. The second-order valence-corrected chi connectivity index (χ2v) is 6.14. The molecule has 7 heteroatoms. The number of carbonyl (C=O) groups is 1. The minimum atomic E-state index is -4.52. The molecule has 1 aliphatic carbocycles. The molecular formula is C18H18F3N3O. The predicted molar refractivity (Wildman–Crippen MR) is 87.1 cm³/mol. The number of aryl methyl sites for hydroxylation is 2. The first-order valence-electron chi connectivity index (χ1n) is 8.22. The summed E-state index contributed by atoms with van der Waals surface area (Å²) in [6, 6.07) is 5.39. The molecule has 1 aliphatic rings. The third kappa shape index (κ3) is 4.55. The number of halogens is 3. The molecule has 0 bridgehead atoms. The standard InChI is InChI=1S/C18H18F3N3O/c19-18(20,21)15-8-4-7-14(23-15)10-17(25)24-16-9-12-5-2-1-3-6-13(12)11-22-16/h4,7-9,11H,1-3,5-6,10H2,(H,22,24,25). The summed E-state index contributed by atoms with van der Waals surface area (Å²) in [6.07, 6.45) is 2.39. The highest BCUT2D eigenvalue weighted by atomic mass is 19.4. The maximum Gasteiger partial charge on any atom is 0.433 e. The van der Waals surface area contributed by atoms with Crippen molar-refractivity contribution in [1.29, 1.82) is 0 Å². The molecule has 2 aromatic rings. The first-order valence-corrected chi connectivity index (χ1v) is 8.22. The summed E-state index contributed by atoms with van der Waals surface area (Å²) in [5.41, 5.74) is 1.46. The smallest absolute Gasteiger partial charge is 0.310 e. The highest BCUT2D eigenvalue weighted by Gasteiger charge is 2.32. The maximum absolute atomic E-state index is 12.7. The van der Waals surface area contributed by atoms with E-state index in [1.54, 1.807) is 6.20 Å². The van der Waals surface area contributed by atoms with Gasteiger partial charge in [0.2, 0.25) is 5.91 Å². The maximum atomic E-state index is 12.7. The van der Waals surface area contributed by atoms with Crippen LogP contribution < -0.4 is 5.32 Å². The number of alkyl halides is 3. The summed E-state index contributed by atoms with van der Waals surface area (Å²) >= 11 is 0. The van der Waals surface area contributed by atoms with Gasteiger partial charge < -0.3 is 5.32 Å². The van der Waals surface area contributed by atoms with E-state index in [4.69, 9.17) is 0 Å². The number of hydrogen-bond donors (Lipinski definition) is 1. The molecule has 0 fully saturated rings. The minimum absolute atomic E-state index is 0.0714. The van der Waals surface area contributed by atoms with E-state index in [-0.39, 0.29) is 12.1 Å². The van der Waals surface area contributed by atoms with Gasteiger partial charge in [-0.25, -0.2) is 9.97 Å². The van der Waals surface area contributed by atoms with Crippen molar-refractivity contribution < 1.29 is 18.0 Å². The summed E-state index contributed by atoms with van der Waals surface area (Å²) < 4.78 is 38.0. The summed E-state index contributed by atoms with van der Waals surface area (Å²) in [7, 11) is 0. The second kappa shape index (κ2) is 7.21. The van der Waals surface area contributed by atoms with E-state index >= 15 is 0 Å². The minimum Gasteiger partial charge on any atom is -0.310 e. The number of fused-ring (bicyclic) bond motifs is 1. The van der Waals surface area contributed by atoms with Crippen molar-refractivity contribution >= 4 is 11.7 Å². The Balaban J connectivity index is 1.68. The monoisotopic (exact) mass is 349 g/mol. The summed E-state index contributed by atoms with van der Waals surface area (Å²) in [5, 5.41) is 2.65. The number of pyridine rings is 2. The van der Waals surface area contributed by atoms with Crippen LogP contribution >= 0.6 is 0 Å². The van der Waals surface area contributed by atoms with Gasteiger partial charge >= 0.3 is 6.18 Å². The number of amides is 1. The molecule has 3 rings (SSSR count). The Kier molecular flexibility index (Phi) is 5.01. The van der Waals surface area contributed by atoms with E-state index in [1.165, 1.54) is 29.7 Å². The largest absolute Gasteiger partial charge is 0.433 e. The topological polar surface area (TPSA) is 54.9 Å². The van der Waals surface area contributed by atoms with Crippen molar-refractivity contribution in [2.75, 3.05) is 5.32 Å². The quantitative estimate of drug-likeness (QED) is 0.854. The van der Waals surface area contributed by atoms with Crippen LogP contribution in [0.3, 0.4) is 0 Å². The Morgan fingerprint density at radius 3 is 2.64 bits per heavy atom. The molecule has 0 spiro atoms. The lowest BCUT2D eigenvalue weighted by Crippen LogP contribution is -2.17. The van der Waals surface area contributed by atoms with Crippen molar-refractivity contribution in [3.63, 3.8) is 0 Å². The molecule has 4 nitrogen and oxygen atoms in total. The second-order valence-electron chi connectivity index (χ2n) is 6.14. The van der Waals surface area contributed by atoms with Crippen LogP contribution in [0.1, 0.15) is 41.8 Å². The number of anilines is 1. The molecule has 0 saturated carbocycles. The lowest BCUT2D eigenvalue weighted by molar-refractivity contribution is -0.141. The van der Waals surface area contributed by atoms with Gasteiger partial charge in [-0.3, -0.25) is 4.79 Å². The molecule has 132 valence electrons. The predicted octanol–water partition coefficient (Wildman–Crippen LogP) is 3.95. The summed E-state index contributed by atoms with van der Waals surface area (Å²) in [6.45, 7) is 0. The zero-order chi connectivity index (χ0) is 17.9. The van der Waals surface area contributed by atoms with Crippen molar-refractivity contribution in [3.8, 4) is 0 Å². The van der Waals surface area contributed by atoms with E-state index in [2.05, 4.69) is 15.3 Å². The van der Waals surface area contributed by atoms with Gasteiger partial charge in [0, 0.05) is 6.20 Å². The van der Waals surface area contributed by atoms with Crippen LogP contribution in [0.5, 0.6) is 0 Å². The van der Waals surface area contributed by atoms with E-state index in [1.807, 2.05) is 6.07 Å². The first-order chi connectivity index (χ1) is 11.9. The fourth-order valence-electron chi connectivity index (χ4n) is 2.95. The highest BCUT2D eigenvalue weighted by molar-refractivity contribution is 5.91. The molecule has 2 heterocycles. The summed E-state index contributed by atoms with van der Waals surface area (Å²) in [5.74, 6) is -0.00878. The fraction of sp³-hybridized carbons (Fsp3) is 0.389. The Labute approximate surface area is 143 Å². The number of nitrogens with one attached hydrogen (secondary N) is 1. The molecule has 25 heavy (non-hydrogen) atoms. The molecule has 0 unspecified atom stereocenters. The van der Waals surface area contributed by atoms with E-state index < -0.39 is 17.8 Å². The van der Waals surface area contributed by atoms with Crippen molar-refractivity contribution in [2.24, 2.45) is 0 Å². The van der Waals surface area contributed by atoms with Crippen LogP contribution in [0, 0.1) is 0 Å². The van der Waals surface area contributed by atoms with Gasteiger partial charge in [-0.15, -0.1) is 0 Å². The van der Waals surface area contributed by atoms with Gasteiger partial charge in [0.15, 0.2) is 0 Å². The van der Waals surface area contributed by atoms with Gasteiger partial charge in [-0.1, -0.05) is 12.5 Å². The zero-order valence-electron chi connectivity index (χ0n) is 13.6. The molecule has 0 radical (unpaired) electrons. The van der Waals surface area contributed by atoms with Gasteiger partial charge in [0.1, 0.15) is 11.5 Å². The Hall–Kier alpha value is -2.44. The van der Waals surface area contributed by atoms with Gasteiger partial charge in [0.05, 0.1) is 12.1 Å². The van der Waals surface area contributed by atoms with Gasteiger partial charge in [-0.2, -0.15) is 13.2 Å². The van der Waals surface area contributed by atoms with Crippen LogP contribution in [0.4, 0.5) is 19.0 Å². The van der Waals surface area contributed by atoms with Crippen LogP contribution in [0.15, 0.2) is 30.5 Å². The van der Waals surface area contributed by atoms with Crippen molar-refractivity contribution in [3.05, 3.63) is 53.0 Å². The molecule has 1 amide bonds. The average Bonchev–Trinajstić information content (AvgIpc) is 2.79. The normalized spacial score (nSPS) is 14.5. The molecule has 2 aromatic heterocycles.